The predicted molar refractivity (Wildman–Crippen MR) is 121 cm³/mol. The summed E-state index contributed by atoms with van der Waals surface area (Å²) < 4.78 is 39.1. The molecule has 0 fully saturated rings. The molecule has 166 valence electrons. The zero-order chi connectivity index (χ0) is 21.7. The van der Waals surface area contributed by atoms with Crippen molar-refractivity contribution in [2.45, 2.75) is 88.9 Å². The molecule has 2 aromatic carbocycles. The molecule has 6 heteroatoms. The van der Waals surface area contributed by atoms with Crippen molar-refractivity contribution in [1.82, 2.24) is 0 Å². The fourth-order valence-electron chi connectivity index (χ4n) is 3.59. The van der Waals surface area contributed by atoms with E-state index in [1.54, 1.807) is 0 Å². The van der Waals surface area contributed by atoms with Crippen LogP contribution in [0.4, 0.5) is 0 Å². The molecule has 0 saturated heterocycles. The van der Waals surface area contributed by atoms with E-state index in [2.05, 4.69) is 13.0 Å². The van der Waals surface area contributed by atoms with Crippen molar-refractivity contribution in [3.8, 4) is 11.5 Å². The molecule has 0 bridgehead atoms. The molecule has 31 heavy (non-hydrogen) atoms. The molecule has 0 aliphatic rings. The molecular formula is C25H35KO4S. The fraction of sp³-hybridized carbons (Fsp3) is 0.520. The summed E-state index contributed by atoms with van der Waals surface area (Å²) in [7, 11) is -4.44. The summed E-state index contributed by atoms with van der Waals surface area (Å²) in [6.45, 7) is 2.26. The Morgan fingerprint density at radius 3 is 1.81 bits per heavy atom. The summed E-state index contributed by atoms with van der Waals surface area (Å²) in [5.74, 6) is 1.30. The Hall–Kier alpha value is -0.214. The molecule has 0 atom stereocenters. The third kappa shape index (κ3) is 12.0. The van der Waals surface area contributed by atoms with Crippen molar-refractivity contribution >= 4 is 10.1 Å². The van der Waals surface area contributed by atoms with Gasteiger partial charge in [0.05, 0.1) is 4.90 Å². The Bertz CT molecular complexity index is 835. The van der Waals surface area contributed by atoms with Gasteiger partial charge in [-0.15, -0.1) is 0 Å². The van der Waals surface area contributed by atoms with E-state index in [4.69, 9.17) is 4.74 Å². The van der Waals surface area contributed by atoms with E-state index >= 15 is 0 Å². The minimum absolute atomic E-state index is 0. The minimum atomic E-state index is -4.44. The van der Waals surface area contributed by atoms with Gasteiger partial charge < -0.3 is 9.29 Å². The van der Waals surface area contributed by atoms with Gasteiger partial charge in [0.1, 0.15) is 21.6 Å². The monoisotopic (exact) mass is 470 g/mol. The zero-order valence-corrected chi connectivity index (χ0v) is 23.1. The number of rotatable bonds is 15. The summed E-state index contributed by atoms with van der Waals surface area (Å²) in [5, 5.41) is 0. The zero-order valence-electron chi connectivity index (χ0n) is 19.1. The van der Waals surface area contributed by atoms with E-state index in [1.165, 1.54) is 88.5 Å². The summed E-state index contributed by atoms with van der Waals surface area (Å²) in [6, 6.07) is 13.5. The number of hydrogen-bond acceptors (Lipinski definition) is 4. The second-order valence-electron chi connectivity index (χ2n) is 7.92. The second kappa shape index (κ2) is 16.4. The van der Waals surface area contributed by atoms with Gasteiger partial charge in [-0.25, -0.2) is 8.42 Å². The van der Waals surface area contributed by atoms with Gasteiger partial charge in [-0.05, 0) is 48.7 Å². The van der Waals surface area contributed by atoms with Crippen molar-refractivity contribution < 1.29 is 69.1 Å². The van der Waals surface area contributed by atoms with Crippen LogP contribution in [0.5, 0.6) is 11.5 Å². The molecule has 0 unspecified atom stereocenters. The van der Waals surface area contributed by atoms with Crippen LogP contribution in [0.25, 0.3) is 0 Å². The van der Waals surface area contributed by atoms with Crippen LogP contribution in [0.1, 0.15) is 83.1 Å². The number of aryl methyl sites for hydroxylation is 1. The van der Waals surface area contributed by atoms with Gasteiger partial charge in [-0.2, -0.15) is 0 Å². The quantitative estimate of drug-likeness (QED) is 0.222. The number of benzene rings is 2. The molecule has 0 N–H and O–H groups in total. The van der Waals surface area contributed by atoms with Gasteiger partial charge in [0, 0.05) is 0 Å². The molecule has 0 heterocycles. The van der Waals surface area contributed by atoms with Crippen LogP contribution in [0, 0.1) is 0 Å². The number of unbranched alkanes of at least 4 members (excludes halogenated alkanes) is 10. The molecule has 0 amide bonds. The Balaban J connectivity index is 0.00000480. The largest absolute Gasteiger partial charge is 1.00 e. The van der Waals surface area contributed by atoms with Crippen molar-refractivity contribution in [2.24, 2.45) is 0 Å². The van der Waals surface area contributed by atoms with Crippen LogP contribution in [0.3, 0.4) is 0 Å². The molecule has 0 saturated carbocycles. The molecule has 0 aromatic heterocycles. The van der Waals surface area contributed by atoms with Gasteiger partial charge in [0.25, 0.3) is 0 Å². The normalized spacial score (nSPS) is 11.2. The first kappa shape index (κ1) is 28.8. The molecule has 2 aromatic rings. The van der Waals surface area contributed by atoms with Gasteiger partial charge in [0.2, 0.25) is 0 Å². The van der Waals surface area contributed by atoms with Gasteiger partial charge in [0.15, 0.2) is 0 Å². The van der Waals surface area contributed by atoms with Crippen LogP contribution in [-0.2, 0) is 16.5 Å². The van der Waals surface area contributed by atoms with Crippen molar-refractivity contribution in [3.63, 3.8) is 0 Å². The van der Waals surface area contributed by atoms with Crippen LogP contribution in [0.15, 0.2) is 53.4 Å². The molecule has 0 aliphatic carbocycles. The van der Waals surface area contributed by atoms with Gasteiger partial charge >= 0.3 is 51.4 Å². The molecule has 2 rings (SSSR count). The molecule has 0 radical (unpaired) electrons. The van der Waals surface area contributed by atoms with Crippen LogP contribution >= 0.6 is 0 Å². The summed E-state index contributed by atoms with van der Waals surface area (Å²) in [6.07, 6.45) is 15.5. The predicted octanol–water partition coefficient (Wildman–Crippen LogP) is 4.24. The van der Waals surface area contributed by atoms with Crippen molar-refractivity contribution in [2.75, 3.05) is 0 Å². The van der Waals surface area contributed by atoms with Crippen molar-refractivity contribution in [1.29, 1.82) is 0 Å². The van der Waals surface area contributed by atoms with E-state index in [0.717, 1.165) is 24.2 Å². The summed E-state index contributed by atoms with van der Waals surface area (Å²) >= 11 is 0. The maximum atomic E-state index is 11.0. The van der Waals surface area contributed by atoms with Gasteiger partial charge in [-0.1, -0.05) is 89.3 Å². The van der Waals surface area contributed by atoms with Crippen LogP contribution in [0.2, 0.25) is 0 Å². The van der Waals surface area contributed by atoms with Crippen LogP contribution in [-0.4, -0.2) is 13.0 Å². The Morgan fingerprint density at radius 2 is 1.26 bits per heavy atom. The third-order valence-corrected chi connectivity index (χ3v) is 6.21. The van der Waals surface area contributed by atoms with Crippen LogP contribution < -0.4 is 56.1 Å². The molecule has 0 spiro atoms. The fourth-order valence-corrected chi connectivity index (χ4v) is 4.06. The molecular weight excluding hydrogens is 435 g/mol. The first-order valence-corrected chi connectivity index (χ1v) is 12.7. The maximum Gasteiger partial charge on any atom is 1.00 e. The summed E-state index contributed by atoms with van der Waals surface area (Å²) in [5.41, 5.74) is 1.15. The van der Waals surface area contributed by atoms with E-state index in [0.29, 0.717) is 5.75 Å². The first-order valence-electron chi connectivity index (χ1n) is 11.3. The van der Waals surface area contributed by atoms with E-state index in [-0.39, 0.29) is 56.3 Å². The van der Waals surface area contributed by atoms with Crippen molar-refractivity contribution in [3.05, 3.63) is 54.1 Å². The van der Waals surface area contributed by atoms with E-state index in [1.807, 2.05) is 18.2 Å². The Kier molecular flexibility index (Phi) is 15.3. The van der Waals surface area contributed by atoms with E-state index in [9.17, 15) is 13.0 Å². The number of hydrogen-bond donors (Lipinski definition) is 0. The Labute approximate surface area is 231 Å². The standard InChI is InChI=1S/C25H36O4S.K/c1-2-3-4-5-6-7-8-9-10-11-12-15-22-16-13-14-17-25(22)29-23-18-20-24(21-19-23)30(26,27)28;/h13-14,16-21H,2-12,15H2,1H3,(H,26,27,28);/q;+1/p-1. The molecule has 4 nitrogen and oxygen atoms in total. The number of para-hydroxylation sites is 1. The second-order valence-corrected chi connectivity index (χ2v) is 9.30. The average molecular weight is 471 g/mol. The smallest absolute Gasteiger partial charge is 0.744 e. The number of ether oxygens (including phenoxy) is 1. The maximum absolute atomic E-state index is 11.0. The Morgan fingerprint density at radius 1 is 0.742 bits per heavy atom. The third-order valence-electron chi connectivity index (χ3n) is 5.36. The SMILES string of the molecule is CCCCCCCCCCCCCc1ccccc1Oc1ccc(S(=O)(=O)[O-])cc1.[K+]. The summed E-state index contributed by atoms with van der Waals surface area (Å²) in [4.78, 5) is -0.246. The molecule has 0 aliphatic heterocycles. The van der Waals surface area contributed by atoms with Gasteiger partial charge in [-0.3, -0.25) is 0 Å². The topological polar surface area (TPSA) is 66.4 Å². The van der Waals surface area contributed by atoms with E-state index < -0.39 is 10.1 Å². The first-order chi connectivity index (χ1) is 14.5. The average Bonchev–Trinajstić information content (AvgIpc) is 2.73. The minimum Gasteiger partial charge on any atom is -0.744 e.